The van der Waals surface area contributed by atoms with Gasteiger partial charge in [-0.1, -0.05) is 35.7 Å². The van der Waals surface area contributed by atoms with Crippen molar-refractivity contribution < 1.29 is 0 Å². The minimum atomic E-state index is 0.373. The van der Waals surface area contributed by atoms with E-state index in [9.17, 15) is 0 Å². The Balaban J connectivity index is 1.97. The third-order valence-corrected chi connectivity index (χ3v) is 5.86. The first-order valence-corrected chi connectivity index (χ1v) is 9.12. The Labute approximate surface area is 137 Å². The van der Waals surface area contributed by atoms with E-state index >= 15 is 0 Å². The Hall–Kier alpha value is -0.540. The normalized spacial score (nSPS) is 24.8. The number of piperazine rings is 1. The predicted octanol–water partition coefficient (Wildman–Crippen LogP) is 4.57. The van der Waals surface area contributed by atoms with Crippen LogP contribution in [0.1, 0.15) is 50.2 Å². The summed E-state index contributed by atoms with van der Waals surface area (Å²) in [6.45, 7) is 9.13. The lowest BCUT2D eigenvalue weighted by molar-refractivity contribution is 0.267. The molecule has 1 aromatic rings. The van der Waals surface area contributed by atoms with Gasteiger partial charge in [-0.2, -0.15) is 0 Å². The van der Waals surface area contributed by atoms with Crippen molar-refractivity contribution in [3.63, 3.8) is 0 Å². The second kappa shape index (κ2) is 5.92. The molecule has 1 saturated carbocycles. The molecule has 1 N–H and O–H groups in total. The van der Waals surface area contributed by atoms with Crippen LogP contribution in [0.25, 0.3) is 0 Å². The van der Waals surface area contributed by atoms with Gasteiger partial charge in [-0.05, 0) is 56.4 Å². The monoisotopic (exact) mass is 350 g/mol. The molecule has 3 heteroatoms. The highest BCUT2D eigenvalue weighted by Gasteiger charge is 2.41. The van der Waals surface area contributed by atoms with E-state index in [0.29, 0.717) is 11.6 Å². The summed E-state index contributed by atoms with van der Waals surface area (Å²) in [7, 11) is 0. The lowest BCUT2D eigenvalue weighted by atomic mass is 9.90. The summed E-state index contributed by atoms with van der Waals surface area (Å²) in [6, 6.07) is 5.14. The Bertz CT molecular complexity index is 497. The second-order valence-corrected chi connectivity index (χ2v) is 7.86. The Morgan fingerprint density at radius 1 is 1.24 bits per heavy atom. The Morgan fingerprint density at radius 3 is 2.43 bits per heavy atom. The van der Waals surface area contributed by atoms with Crippen molar-refractivity contribution in [2.45, 2.75) is 64.5 Å². The van der Waals surface area contributed by atoms with Crippen LogP contribution in [-0.2, 0) is 0 Å². The Morgan fingerprint density at radius 2 is 1.86 bits per heavy atom. The molecule has 0 aromatic heterocycles. The zero-order valence-electron chi connectivity index (χ0n) is 13.5. The minimum Gasteiger partial charge on any atom is -0.365 e. The summed E-state index contributed by atoms with van der Waals surface area (Å²) in [5, 5.41) is 3.89. The maximum absolute atomic E-state index is 3.89. The quantitative estimate of drug-likeness (QED) is 0.840. The van der Waals surface area contributed by atoms with Gasteiger partial charge in [0.15, 0.2) is 0 Å². The first kappa shape index (κ1) is 15.4. The molecule has 1 atom stereocenters. The molecule has 1 unspecified atom stereocenters. The smallest absolute Gasteiger partial charge is 0.0430 e. The summed E-state index contributed by atoms with van der Waals surface area (Å²) < 4.78 is 1.19. The number of rotatable bonds is 2. The number of hydrogen-bond acceptors (Lipinski definition) is 2. The average Bonchev–Trinajstić information content (AvgIpc) is 2.86. The molecule has 21 heavy (non-hydrogen) atoms. The summed E-state index contributed by atoms with van der Waals surface area (Å²) in [5.41, 5.74) is 4.64. The molecule has 0 radical (unpaired) electrons. The van der Waals surface area contributed by atoms with Gasteiger partial charge in [-0.3, -0.25) is 0 Å². The van der Waals surface area contributed by atoms with Gasteiger partial charge in [-0.25, -0.2) is 0 Å². The number of nitrogens with zero attached hydrogens (tertiary/aromatic N) is 1. The summed E-state index contributed by atoms with van der Waals surface area (Å²) in [4.78, 5) is 2.71. The number of hydrogen-bond donors (Lipinski definition) is 1. The molecule has 3 rings (SSSR count). The number of aryl methyl sites for hydroxylation is 2. The Kier molecular flexibility index (Phi) is 4.33. The van der Waals surface area contributed by atoms with Gasteiger partial charge in [0.1, 0.15) is 0 Å². The van der Waals surface area contributed by atoms with Gasteiger partial charge in [0.2, 0.25) is 0 Å². The largest absolute Gasteiger partial charge is 0.365 e. The van der Waals surface area contributed by atoms with Crippen LogP contribution in [0.3, 0.4) is 0 Å². The van der Waals surface area contributed by atoms with Gasteiger partial charge in [0.05, 0.1) is 0 Å². The molecule has 2 aliphatic rings. The van der Waals surface area contributed by atoms with E-state index in [-0.39, 0.29) is 0 Å². The fraction of sp³-hybridized carbons (Fsp3) is 0.667. The summed E-state index contributed by atoms with van der Waals surface area (Å²) in [5.74, 6) is 0. The first-order chi connectivity index (χ1) is 10.0. The van der Waals surface area contributed by atoms with Gasteiger partial charge in [-0.15, -0.1) is 0 Å². The van der Waals surface area contributed by atoms with E-state index in [1.54, 1.807) is 0 Å². The lowest BCUT2D eigenvalue weighted by Crippen LogP contribution is -2.63. The van der Waals surface area contributed by atoms with Gasteiger partial charge in [0, 0.05) is 34.8 Å². The number of benzene rings is 1. The maximum atomic E-state index is 3.89. The van der Waals surface area contributed by atoms with E-state index in [0.717, 1.165) is 6.54 Å². The van der Waals surface area contributed by atoms with Crippen LogP contribution in [0.5, 0.6) is 0 Å². The fourth-order valence-electron chi connectivity index (χ4n) is 4.32. The van der Waals surface area contributed by atoms with Crippen molar-refractivity contribution in [2.24, 2.45) is 0 Å². The van der Waals surface area contributed by atoms with Crippen LogP contribution in [0.2, 0.25) is 0 Å². The van der Waals surface area contributed by atoms with Crippen molar-refractivity contribution in [1.29, 1.82) is 0 Å². The van der Waals surface area contributed by atoms with Crippen LogP contribution in [-0.4, -0.2) is 24.7 Å². The first-order valence-electron chi connectivity index (χ1n) is 8.33. The van der Waals surface area contributed by atoms with Gasteiger partial charge in [0.25, 0.3) is 0 Å². The summed E-state index contributed by atoms with van der Waals surface area (Å²) in [6.07, 6.45) is 6.66. The fourth-order valence-corrected chi connectivity index (χ4v) is 5.01. The van der Waals surface area contributed by atoms with Crippen molar-refractivity contribution in [1.82, 2.24) is 5.32 Å². The minimum absolute atomic E-state index is 0.373. The number of anilines is 1. The molecular formula is C18H27BrN2. The molecule has 1 saturated heterocycles. The van der Waals surface area contributed by atoms with Crippen molar-refractivity contribution in [3.05, 3.63) is 27.7 Å². The van der Waals surface area contributed by atoms with Crippen LogP contribution in [0.15, 0.2) is 16.6 Å². The molecule has 2 nitrogen and oxygen atoms in total. The second-order valence-electron chi connectivity index (χ2n) is 6.95. The highest BCUT2D eigenvalue weighted by Crippen LogP contribution is 2.38. The highest BCUT2D eigenvalue weighted by molar-refractivity contribution is 9.10. The zero-order chi connectivity index (χ0) is 15.0. The molecular weight excluding hydrogens is 324 g/mol. The maximum Gasteiger partial charge on any atom is 0.0430 e. The third-order valence-electron chi connectivity index (χ3n) is 5.40. The van der Waals surface area contributed by atoms with Crippen molar-refractivity contribution in [3.8, 4) is 0 Å². The van der Waals surface area contributed by atoms with Crippen molar-refractivity contribution in [2.75, 3.05) is 18.0 Å². The van der Waals surface area contributed by atoms with Crippen LogP contribution < -0.4 is 10.2 Å². The number of nitrogens with one attached hydrogen (secondary N) is 1. The highest BCUT2D eigenvalue weighted by atomic mass is 79.9. The average molecular weight is 351 g/mol. The topological polar surface area (TPSA) is 15.3 Å². The van der Waals surface area contributed by atoms with E-state index in [2.05, 4.69) is 59.1 Å². The molecule has 0 amide bonds. The third kappa shape index (κ3) is 2.87. The molecule has 0 bridgehead atoms. The van der Waals surface area contributed by atoms with Crippen LogP contribution >= 0.6 is 15.9 Å². The molecule has 1 spiro atoms. The standard InChI is InChI=1S/C18H27BrN2/c1-4-16-11-20-18(7-5-6-8-18)12-21(16)17-13(2)9-15(19)10-14(17)3/h9-10,16,20H,4-8,11-12H2,1-3H3. The molecule has 116 valence electrons. The molecule has 1 aromatic carbocycles. The van der Waals surface area contributed by atoms with E-state index in [1.165, 1.54) is 59.9 Å². The SMILES string of the molecule is CCC1CNC2(CCCC2)CN1c1c(C)cc(Br)cc1C. The lowest BCUT2D eigenvalue weighted by Gasteiger charge is -2.48. The van der Waals surface area contributed by atoms with E-state index in [1.807, 2.05) is 0 Å². The summed E-state index contributed by atoms with van der Waals surface area (Å²) >= 11 is 3.63. The van der Waals surface area contributed by atoms with Gasteiger partial charge < -0.3 is 10.2 Å². The molecule has 1 aliphatic carbocycles. The predicted molar refractivity (Wildman–Crippen MR) is 94.2 cm³/mol. The van der Waals surface area contributed by atoms with E-state index < -0.39 is 0 Å². The van der Waals surface area contributed by atoms with Gasteiger partial charge >= 0.3 is 0 Å². The van der Waals surface area contributed by atoms with Crippen LogP contribution in [0.4, 0.5) is 5.69 Å². The molecule has 1 aliphatic heterocycles. The van der Waals surface area contributed by atoms with E-state index in [4.69, 9.17) is 0 Å². The number of halogens is 1. The molecule has 2 fully saturated rings. The van der Waals surface area contributed by atoms with Crippen LogP contribution in [0, 0.1) is 13.8 Å². The van der Waals surface area contributed by atoms with Crippen molar-refractivity contribution >= 4 is 21.6 Å². The zero-order valence-corrected chi connectivity index (χ0v) is 15.1. The molecule has 1 heterocycles.